The van der Waals surface area contributed by atoms with Gasteiger partial charge < -0.3 is 24.4 Å². The van der Waals surface area contributed by atoms with E-state index >= 15 is 0 Å². The van der Waals surface area contributed by atoms with Crippen molar-refractivity contribution in [3.8, 4) is 17.1 Å². The molecular formula is C20H24ClN5O5. The summed E-state index contributed by atoms with van der Waals surface area (Å²) in [5, 5.41) is 10.4. The maximum atomic E-state index is 12.9. The van der Waals surface area contributed by atoms with Crippen molar-refractivity contribution in [2.75, 3.05) is 40.2 Å². The highest BCUT2D eigenvalue weighted by Gasteiger charge is 2.30. The van der Waals surface area contributed by atoms with Gasteiger partial charge in [0.05, 0.1) is 43.3 Å². The minimum absolute atomic E-state index is 0.0190. The maximum absolute atomic E-state index is 12.9. The van der Waals surface area contributed by atoms with Crippen molar-refractivity contribution < 1.29 is 23.8 Å². The molecule has 0 aliphatic carbocycles. The van der Waals surface area contributed by atoms with Crippen molar-refractivity contribution in [2.24, 2.45) is 5.92 Å². The predicted molar refractivity (Wildman–Crippen MR) is 111 cm³/mol. The number of piperidine rings is 1. The van der Waals surface area contributed by atoms with Crippen LogP contribution < -0.4 is 10.1 Å². The highest BCUT2D eigenvalue weighted by atomic mass is 35.5. The molecule has 0 radical (unpaired) electrons. The van der Waals surface area contributed by atoms with Crippen LogP contribution in [0.4, 0.5) is 0 Å². The maximum Gasteiger partial charge on any atom is 0.274 e. The number of aromatic nitrogens is 3. The van der Waals surface area contributed by atoms with E-state index in [9.17, 15) is 9.59 Å². The smallest absolute Gasteiger partial charge is 0.274 e. The number of rotatable bonds is 5. The minimum Gasteiger partial charge on any atom is -0.481 e. The number of aromatic amines is 1. The number of hydrogen-bond donors (Lipinski definition) is 2. The second-order valence-corrected chi connectivity index (χ2v) is 7.91. The molecule has 2 amide bonds. The zero-order valence-corrected chi connectivity index (χ0v) is 17.9. The first-order valence-electron chi connectivity index (χ1n) is 10.1. The summed E-state index contributed by atoms with van der Waals surface area (Å²) in [6.45, 7) is 2.15. The Kier molecular flexibility index (Phi) is 6.69. The molecule has 0 bridgehead atoms. The molecule has 2 aliphatic rings. The highest BCUT2D eigenvalue weighted by molar-refractivity contribution is 6.33. The second kappa shape index (κ2) is 9.63. The number of carbonyl (C=O) groups excluding carboxylic acids is 2. The van der Waals surface area contributed by atoms with Gasteiger partial charge >= 0.3 is 0 Å². The summed E-state index contributed by atoms with van der Waals surface area (Å²) in [5.41, 5.74) is 1.53. The van der Waals surface area contributed by atoms with Crippen LogP contribution in [0.1, 0.15) is 23.3 Å². The first-order valence-corrected chi connectivity index (χ1v) is 10.4. The monoisotopic (exact) mass is 449 g/mol. The third kappa shape index (κ3) is 4.97. The summed E-state index contributed by atoms with van der Waals surface area (Å²) in [6.07, 6.45) is 2.67. The van der Waals surface area contributed by atoms with E-state index in [1.54, 1.807) is 17.0 Å². The molecule has 2 aliphatic heterocycles. The van der Waals surface area contributed by atoms with Crippen LogP contribution in [0, 0.1) is 5.92 Å². The Hall–Kier alpha value is -2.69. The van der Waals surface area contributed by atoms with E-state index < -0.39 is 0 Å². The van der Waals surface area contributed by atoms with Gasteiger partial charge in [0.2, 0.25) is 11.8 Å². The molecule has 0 atom stereocenters. The van der Waals surface area contributed by atoms with Crippen molar-refractivity contribution in [3.05, 3.63) is 29.0 Å². The van der Waals surface area contributed by atoms with Crippen LogP contribution in [0.5, 0.6) is 5.88 Å². The van der Waals surface area contributed by atoms with Crippen molar-refractivity contribution in [1.29, 1.82) is 0 Å². The van der Waals surface area contributed by atoms with Crippen molar-refractivity contribution in [2.45, 2.75) is 18.9 Å². The van der Waals surface area contributed by atoms with Gasteiger partial charge in [-0.05, 0) is 18.9 Å². The molecule has 0 spiro atoms. The Morgan fingerprint density at radius 1 is 1.26 bits per heavy atom. The van der Waals surface area contributed by atoms with Gasteiger partial charge in [0, 0.05) is 30.6 Å². The third-order valence-corrected chi connectivity index (χ3v) is 5.73. The van der Waals surface area contributed by atoms with Gasteiger partial charge in [-0.1, -0.05) is 11.6 Å². The molecule has 4 rings (SSSR count). The molecule has 31 heavy (non-hydrogen) atoms. The lowest BCUT2D eigenvalue weighted by Gasteiger charge is -2.32. The van der Waals surface area contributed by atoms with Crippen molar-refractivity contribution in [3.63, 3.8) is 0 Å². The Bertz CT molecular complexity index is 938. The van der Waals surface area contributed by atoms with Gasteiger partial charge in [-0.25, -0.2) is 4.98 Å². The summed E-state index contributed by atoms with van der Waals surface area (Å²) in [4.78, 5) is 31.1. The van der Waals surface area contributed by atoms with Crippen molar-refractivity contribution in [1.82, 2.24) is 25.4 Å². The average molecular weight is 450 g/mol. The normalized spacial score (nSPS) is 18.1. The first-order chi connectivity index (χ1) is 15.0. The van der Waals surface area contributed by atoms with E-state index in [0.717, 1.165) is 0 Å². The number of H-pyrrole nitrogens is 1. The number of pyridine rings is 1. The fourth-order valence-electron chi connectivity index (χ4n) is 3.70. The van der Waals surface area contributed by atoms with Gasteiger partial charge in [0.1, 0.15) is 6.79 Å². The summed E-state index contributed by atoms with van der Waals surface area (Å²) in [7, 11) is 1.52. The standard InChI is InChI=1S/C20H24ClN5O5/c1-29-18-6-14(15(21)8-22-18)16-7-17(25-24-16)20(28)26-4-2-12(3-5-26)19(27)23-13-9-30-11-31-10-13/h6-8,12-13H,2-5,9-11H2,1H3,(H,23,27)(H,24,25). The molecule has 166 valence electrons. The predicted octanol–water partition coefficient (Wildman–Crippen LogP) is 1.47. The van der Waals surface area contributed by atoms with Crippen LogP contribution in [0.25, 0.3) is 11.3 Å². The van der Waals surface area contributed by atoms with Crippen LogP contribution in [0.2, 0.25) is 5.02 Å². The highest BCUT2D eigenvalue weighted by Crippen LogP contribution is 2.29. The van der Waals surface area contributed by atoms with Gasteiger partial charge in [-0.3, -0.25) is 14.7 Å². The van der Waals surface area contributed by atoms with Crippen molar-refractivity contribution >= 4 is 23.4 Å². The van der Waals surface area contributed by atoms with Crippen LogP contribution in [-0.4, -0.2) is 78.1 Å². The number of nitrogens with one attached hydrogen (secondary N) is 2. The van der Waals surface area contributed by atoms with Crippen LogP contribution in [-0.2, 0) is 14.3 Å². The lowest BCUT2D eigenvalue weighted by atomic mass is 9.95. The Balaban J connectivity index is 1.34. The second-order valence-electron chi connectivity index (χ2n) is 7.50. The molecule has 2 aromatic rings. The average Bonchev–Trinajstić information content (AvgIpc) is 3.30. The number of likely N-dealkylation sites (tertiary alicyclic amines) is 1. The number of amides is 2. The molecule has 2 aromatic heterocycles. The van der Waals surface area contributed by atoms with E-state index in [0.29, 0.717) is 67.0 Å². The van der Waals surface area contributed by atoms with Gasteiger partial charge in [0.25, 0.3) is 5.91 Å². The molecule has 10 nitrogen and oxygen atoms in total. The Morgan fingerprint density at radius 2 is 2.00 bits per heavy atom. The number of methoxy groups -OCH3 is 1. The van der Waals surface area contributed by atoms with Crippen LogP contribution in [0.3, 0.4) is 0 Å². The molecule has 0 unspecified atom stereocenters. The van der Waals surface area contributed by atoms with E-state index in [1.807, 2.05) is 0 Å². The Morgan fingerprint density at radius 3 is 2.71 bits per heavy atom. The summed E-state index contributed by atoms with van der Waals surface area (Å²) < 4.78 is 15.5. The van der Waals surface area contributed by atoms with Gasteiger partial charge in [0.15, 0.2) is 5.69 Å². The lowest BCUT2D eigenvalue weighted by molar-refractivity contribution is -0.137. The SMILES string of the molecule is COc1cc(-c2cc(C(=O)N3CCC(C(=O)NC4COCOC4)CC3)n[nH]2)c(Cl)cn1. The van der Waals surface area contributed by atoms with E-state index in [-0.39, 0.29) is 30.6 Å². The fraction of sp³-hybridized carbons (Fsp3) is 0.500. The van der Waals surface area contributed by atoms with Crippen LogP contribution >= 0.6 is 11.6 Å². The lowest BCUT2D eigenvalue weighted by Crippen LogP contribution is -2.49. The summed E-state index contributed by atoms with van der Waals surface area (Å²) in [6, 6.07) is 3.21. The number of ether oxygens (including phenoxy) is 3. The van der Waals surface area contributed by atoms with Gasteiger partial charge in [-0.2, -0.15) is 5.10 Å². The molecule has 0 saturated carbocycles. The third-order valence-electron chi connectivity index (χ3n) is 5.43. The number of carbonyl (C=O) groups is 2. The summed E-state index contributed by atoms with van der Waals surface area (Å²) >= 11 is 6.23. The van der Waals surface area contributed by atoms with Gasteiger partial charge in [-0.15, -0.1) is 0 Å². The fourth-order valence-corrected chi connectivity index (χ4v) is 3.91. The van der Waals surface area contributed by atoms with E-state index in [1.165, 1.54) is 13.3 Å². The molecular weight excluding hydrogens is 426 g/mol. The Labute approximate surface area is 184 Å². The first kappa shape index (κ1) is 21.5. The number of nitrogens with zero attached hydrogens (tertiary/aromatic N) is 3. The molecule has 4 heterocycles. The molecule has 0 aromatic carbocycles. The van der Waals surface area contributed by atoms with Crippen LogP contribution in [0.15, 0.2) is 18.3 Å². The van der Waals surface area contributed by atoms with E-state index in [2.05, 4.69) is 20.5 Å². The number of hydrogen-bond acceptors (Lipinski definition) is 7. The quantitative estimate of drug-likeness (QED) is 0.709. The zero-order chi connectivity index (χ0) is 21.8. The number of halogens is 1. The molecule has 2 fully saturated rings. The zero-order valence-electron chi connectivity index (χ0n) is 17.1. The van der Waals surface area contributed by atoms with E-state index in [4.69, 9.17) is 25.8 Å². The summed E-state index contributed by atoms with van der Waals surface area (Å²) in [5.74, 6) is 0.0690. The minimum atomic E-state index is -0.187. The molecule has 2 saturated heterocycles. The molecule has 11 heteroatoms. The topological polar surface area (TPSA) is 119 Å². The molecule has 2 N–H and O–H groups in total. The largest absolute Gasteiger partial charge is 0.481 e.